The van der Waals surface area contributed by atoms with Crippen LogP contribution in [-0.4, -0.2) is 42.8 Å². The topological polar surface area (TPSA) is 54.5 Å². The third kappa shape index (κ3) is 2.39. The Balaban J connectivity index is 2.12. The van der Waals surface area contributed by atoms with Crippen molar-refractivity contribution in [1.82, 2.24) is 4.90 Å². The monoisotopic (exact) mass is 245 g/mol. The molecule has 2 aliphatic rings. The highest BCUT2D eigenvalue weighted by atomic mass is 32.2. The second-order valence-corrected chi connectivity index (χ2v) is 7.42. The molecule has 4 nitrogen and oxygen atoms in total. The maximum Gasteiger partial charge on any atom is 0.225 e. The molecule has 92 valence electrons. The van der Waals surface area contributed by atoms with Crippen molar-refractivity contribution in [2.24, 2.45) is 5.92 Å². The van der Waals surface area contributed by atoms with Gasteiger partial charge < -0.3 is 4.90 Å². The number of hydrogen-bond donors (Lipinski definition) is 0. The van der Waals surface area contributed by atoms with Gasteiger partial charge in [-0.1, -0.05) is 13.8 Å². The third-order valence-electron chi connectivity index (χ3n) is 3.29. The Labute approximate surface area is 96.9 Å². The lowest BCUT2D eigenvalue weighted by Gasteiger charge is -2.29. The van der Waals surface area contributed by atoms with Gasteiger partial charge in [0.2, 0.25) is 5.91 Å². The molecule has 1 aliphatic heterocycles. The second-order valence-electron chi connectivity index (χ2n) is 5.19. The second kappa shape index (κ2) is 4.02. The van der Waals surface area contributed by atoms with Crippen LogP contribution in [0.5, 0.6) is 0 Å². The molecule has 0 spiro atoms. The lowest BCUT2D eigenvalue weighted by atomic mass is 10.1. The van der Waals surface area contributed by atoms with Crippen LogP contribution in [-0.2, 0) is 14.6 Å². The van der Waals surface area contributed by atoms with Crippen molar-refractivity contribution in [1.29, 1.82) is 0 Å². The number of nitrogens with zero attached hydrogens (tertiary/aromatic N) is 1. The Bertz CT molecular complexity index is 384. The molecule has 2 rings (SSSR count). The van der Waals surface area contributed by atoms with E-state index in [0.29, 0.717) is 12.5 Å². The first-order valence-corrected chi connectivity index (χ1v) is 7.75. The molecule has 0 aromatic heterocycles. The molecule has 1 atom stereocenters. The SMILES string of the molecule is CC(C)C(=O)N(C1CC1)C1CCS(=O)(=O)C1. The minimum absolute atomic E-state index is 0.0381. The third-order valence-corrected chi connectivity index (χ3v) is 5.04. The molecule has 1 aliphatic carbocycles. The smallest absolute Gasteiger partial charge is 0.225 e. The molecular formula is C11H19NO3S. The molecule has 1 saturated carbocycles. The van der Waals surface area contributed by atoms with E-state index in [1.807, 2.05) is 18.7 Å². The summed E-state index contributed by atoms with van der Waals surface area (Å²) in [7, 11) is -2.90. The van der Waals surface area contributed by atoms with Gasteiger partial charge in [-0.05, 0) is 19.3 Å². The predicted molar refractivity (Wildman–Crippen MR) is 61.8 cm³/mol. The first-order chi connectivity index (χ1) is 7.41. The van der Waals surface area contributed by atoms with Gasteiger partial charge >= 0.3 is 0 Å². The van der Waals surface area contributed by atoms with Crippen molar-refractivity contribution in [3.8, 4) is 0 Å². The number of hydrogen-bond acceptors (Lipinski definition) is 3. The summed E-state index contributed by atoms with van der Waals surface area (Å²) < 4.78 is 22.9. The van der Waals surface area contributed by atoms with E-state index in [9.17, 15) is 13.2 Å². The molecule has 1 unspecified atom stereocenters. The minimum atomic E-state index is -2.90. The molecule has 1 amide bonds. The van der Waals surface area contributed by atoms with E-state index >= 15 is 0 Å². The molecule has 0 aromatic carbocycles. The minimum Gasteiger partial charge on any atom is -0.335 e. The first-order valence-electron chi connectivity index (χ1n) is 5.93. The number of rotatable bonds is 3. The van der Waals surface area contributed by atoms with Crippen LogP contribution in [0, 0.1) is 5.92 Å². The summed E-state index contributed by atoms with van der Waals surface area (Å²) in [4.78, 5) is 13.9. The zero-order chi connectivity index (χ0) is 11.9. The zero-order valence-corrected chi connectivity index (χ0v) is 10.7. The Hall–Kier alpha value is -0.580. The van der Waals surface area contributed by atoms with E-state index < -0.39 is 9.84 Å². The molecule has 5 heteroatoms. The van der Waals surface area contributed by atoms with Gasteiger partial charge in [-0.2, -0.15) is 0 Å². The van der Waals surface area contributed by atoms with Gasteiger partial charge in [-0.25, -0.2) is 8.42 Å². The van der Waals surface area contributed by atoms with E-state index in [1.54, 1.807) is 0 Å². The van der Waals surface area contributed by atoms with E-state index in [4.69, 9.17) is 0 Å². The van der Waals surface area contributed by atoms with Crippen molar-refractivity contribution < 1.29 is 13.2 Å². The van der Waals surface area contributed by atoms with Crippen LogP contribution in [0.3, 0.4) is 0 Å². The van der Waals surface area contributed by atoms with E-state index in [2.05, 4.69) is 0 Å². The van der Waals surface area contributed by atoms with Crippen LogP contribution in [0.15, 0.2) is 0 Å². The Morgan fingerprint density at radius 3 is 2.19 bits per heavy atom. The molecule has 0 bridgehead atoms. The normalized spacial score (nSPS) is 28.3. The average molecular weight is 245 g/mol. The van der Waals surface area contributed by atoms with Crippen molar-refractivity contribution in [3.63, 3.8) is 0 Å². The highest BCUT2D eigenvalue weighted by molar-refractivity contribution is 7.91. The zero-order valence-electron chi connectivity index (χ0n) is 9.85. The maximum absolute atomic E-state index is 12.1. The predicted octanol–water partition coefficient (Wildman–Crippen LogP) is 0.821. The summed E-state index contributed by atoms with van der Waals surface area (Å²) in [6.07, 6.45) is 2.70. The van der Waals surface area contributed by atoms with Gasteiger partial charge in [-0.3, -0.25) is 4.79 Å². The van der Waals surface area contributed by atoms with E-state index in [1.165, 1.54) is 0 Å². The molecule has 2 fully saturated rings. The van der Waals surface area contributed by atoms with Gasteiger partial charge in [0.1, 0.15) is 0 Å². The van der Waals surface area contributed by atoms with Crippen molar-refractivity contribution in [2.45, 2.75) is 45.2 Å². The Morgan fingerprint density at radius 1 is 1.19 bits per heavy atom. The summed E-state index contributed by atoms with van der Waals surface area (Å²) in [5.74, 6) is 0.488. The molecule has 0 N–H and O–H groups in total. The van der Waals surface area contributed by atoms with Gasteiger partial charge in [-0.15, -0.1) is 0 Å². The summed E-state index contributed by atoms with van der Waals surface area (Å²) in [5, 5.41) is 0. The summed E-state index contributed by atoms with van der Waals surface area (Å²) in [6, 6.07) is 0.251. The standard InChI is InChI=1S/C11H19NO3S/c1-8(2)11(13)12(9-3-4-9)10-5-6-16(14,15)7-10/h8-10H,3-7H2,1-2H3. The van der Waals surface area contributed by atoms with Gasteiger partial charge in [0.05, 0.1) is 11.5 Å². The van der Waals surface area contributed by atoms with E-state index in [0.717, 1.165) is 12.8 Å². The summed E-state index contributed by atoms with van der Waals surface area (Å²) in [6.45, 7) is 3.75. The largest absolute Gasteiger partial charge is 0.335 e. The van der Waals surface area contributed by atoms with Crippen LogP contribution in [0.25, 0.3) is 0 Å². The molecule has 0 aromatic rings. The van der Waals surface area contributed by atoms with Crippen LogP contribution < -0.4 is 0 Å². The first kappa shape index (κ1) is 11.9. The van der Waals surface area contributed by atoms with Crippen molar-refractivity contribution >= 4 is 15.7 Å². The number of sulfone groups is 1. The van der Waals surface area contributed by atoms with Crippen LogP contribution in [0.1, 0.15) is 33.1 Å². The fraction of sp³-hybridized carbons (Fsp3) is 0.909. The van der Waals surface area contributed by atoms with Gasteiger partial charge in [0, 0.05) is 18.0 Å². The van der Waals surface area contributed by atoms with Crippen molar-refractivity contribution in [3.05, 3.63) is 0 Å². The summed E-state index contributed by atoms with van der Waals surface area (Å²) in [5.41, 5.74) is 0. The number of carbonyl (C=O) groups is 1. The molecule has 0 radical (unpaired) electrons. The summed E-state index contributed by atoms with van der Waals surface area (Å²) >= 11 is 0. The van der Waals surface area contributed by atoms with E-state index in [-0.39, 0.29) is 29.4 Å². The maximum atomic E-state index is 12.1. The highest BCUT2D eigenvalue weighted by Crippen LogP contribution is 2.33. The Morgan fingerprint density at radius 2 is 1.81 bits per heavy atom. The average Bonchev–Trinajstić information content (AvgIpc) is 2.92. The molecular weight excluding hydrogens is 226 g/mol. The molecule has 16 heavy (non-hydrogen) atoms. The van der Waals surface area contributed by atoms with Gasteiger partial charge in [0.25, 0.3) is 0 Å². The number of carbonyl (C=O) groups excluding carboxylic acids is 1. The lowest BCUT2D eigenvalue weighted by Crippen LogP contribution is -2.44. The molecule has 1 saturated heterocycles. The molecule has 1 heterocycles. The number of amides is 1. The fourth-order valence-electron chi connectivity index (χ4n) is 2.30. The van der Waals surface area contributed by atoms with Crippen LogP contribution >= 0.6 is 0 Å². The highest BCUT2D eigenvalue weighted by Gasteiger charge is 2.42. The van der Waals surface area contributed by atoms with Crippen LogP contribution in [0.4, 0.5) is 0 Å². The van der Waals surface area contributed by atoms with Gasteiger partial charge in [0.15, 0.2) is 9.84 Å². The quantitative estimate of drug-likeness (QED) is 0.739. The Kier molecular flexibility index (Phi) is 2.99. The fourth-order valence-corrected chi connectivity index (χ4v) is 4.02. The van der Waals surface area contributed by atoms with Crippen molar-refractivity contribution in [2.75, 3.05) is 11.5 Å². The lowest BCUT2D eigenvalue weighted by molar-refractivity contribution is -0.137. The van der Waals surface area contributed by atoms with Crippen LogP contribution in [0.2, 0.25) is 0 Å².